The summed E-state index contributed by atoms with van der Waals surface area (Å²) in [6, 6.07) is 2.99. The second-order valence-corrected chi connectivity index (χ2v) is 25.7. The monoisotopic (exact) mass is 1240 g/mol. The molecule has 4 fully saturated rings. The fourth-order valence-electron chi connectivity index (χ4n) is 12.7. The molecule has 25 heteroatoms. The summed E-state index contributed by atoms with van der Waals surface area (Å²) in [4.78, 5) is 63.0. The van der Waals surface area contributed by atoms with Gasteiger partial charge in [-0.05, 0) is 114 Å². The number of fused-ring (bicyclic) bond motifs is 1. The van der Waals surface area contributed by atoms with E-state index in [-0.39, 0.29) is 68.2 Å². The Morgan fingerprint density at radius 1 is 0.919 bits per heavy atom. The normalized spacial score (nSPS) is 35.6. The van der Waals surface area contributed by atoms with Crippen LogP contribution in [0.3, 0.4) is 0 Å². The Balaban J connectivity index is 1.22. The number of pyridine rings is 1. The van der Waals surface area contributed by atoms with E-state index in [1.807, 2.05) is 63.3 Å². The minimum Gasteiger partial charge on any atom is -0.477 e. The van der Waals surface area contributed by atoms with Gasteiger partial charge in [-0.1, -0.05) is 44.5 Å². The Morgan fingerprint density at radius 2 is 1.62 bits per heavy atom. The Labute approximate surface area is 511 Å². The lowest BCUT2D eigenvalue weighted by atomic mass is 9.73. The zero-order valence-corrected chi connectivity index (χ0v) is 54.1. The smallest absolute Gasteiger partial charge is 0.341 e. The maximum absolute atomic E-state index is 15.0. The molecule has 1 saturated carbocycles. The van der Waals surface area contributed by atoms with E-state index in [1.54, 1.807) is 60.6 Å². The third-order valence-corrected chi connectivity index (χ3v) is 18.0. The lowest BCUT2D eigenvalue weighted by Gasteiger charge is -2.49. The van der Waals surface area contributed by atoms with Gasteiger partial charge in [-0.3, -0.25) is 14.4 Å². The van der Waals surface area contributed by atoms with E-state index in [9.17, 15) is 39.6 Å². The maximum Gasteiger partial charge on any atom is 0.341 e. The quantitative estimate of drug-likeness (QED) is 0.0331. The van der Waals surface area contributed by atoms with Crippen molar-refractivity contribution in [1.29, 1.82) is 0 Å². The van der Waals surface area contributed by atoms with Crippen LogP contribution < -0.4 is 16.1 Å². The van der Waals surface area contributed by atoms with E-state index in [0.29, 0.717) is 54.6 Å². The highest BCUT2D eigenvalue weighted by Crippen LogP contribution is 2.43. The van der Waals surface area contributed by atoms with E-state index in [2.05, 4.69) is 15.8 Å². The van der Waals surface area contributed by atoms with Gasteiger partial charge in [-0.2, -0.15) is 0 Å². The number of carboxylic acids is 1. The van der Waals surface area contributed by atoms with Crippen LogP contribution in [0, 0.1) is 23.7 Å². The van der Waals surface area contributed by atoms with Crippen LogP contribution in [0.25, 0.3) is 10.9 Å². The van der Waals surface area contributed by atoms with E-state index in [4.69, 9.17) is 59.1 Å². The number of anilines is 1. The van der Waals surface area contributed by atoms with Gasteiger partial charge in [0.25, 0.3) is 0 Å². The number of carbonyl (C=O) groups is 3. The van der Waals surface area contributed by atoms with Gasteiger partial charge in [-0.25, -0.2) is 4.79 Å². The molecular formula is C61H99ClN6O18. The van der Waals surface area contributed by atoms with E-state index in [0.717, 1.165) is 12.8 Å². The van der Waals surface area contributed by atoms with E-state index < -0.39 is 119 Å². The van der Waals surface area contributed by atoms with Crippen molar-refractivity contribution in [2.75, 3.05) is 87.3 Å². The highest BCUT2D eigenvalue weighted by atomic mass is 35.5. The fraction of sp³-hybridized carbons (Fsp3) is 0.787. The molecule has 0 radical (unpaired) electrons. The number of oxime groups is 1. The average molecular weight is 1240 g/mol. The molecule has 1 aliphatic carbocycles. The molecule has 18 atom stereocenters. The summed E-state index contributed by atoms with van der Waals surface area (Å²) in [6.07, 6.45) is -6.41. The molecule has 3 saturated heterocycles. The topological polar surface area (TPSA) is 289 Å². The molecule has 6 N–H and O–H groups in total. The summed E-state index contributed by atoms with van der Waals surface area (Å²) < 4.78 is 59.6. The van der Waals surface area contributed by atoms with Crippen molar-refractivity contribution >= 4 is 51.8 Å². The standard InChI is InChI=1S/C61H99ClN6O18/c1-17-46-61(10,76)54(80-32-79-25-24-66(11)12)35(4)49(65-78-16)33(2)29-59(8,75)53(86-58-51(71)45(67(13)14)26-34(3)81-58)36(5)52(37(6)57(74)83-46)85-48-30-60(9,77-15)55(38(7)82-48)84-47(69)20-21-63-22-23-64-43-27-40-44(28-42(43)62)68(39-18-19-39)31-41(50(40)70)56(72)73/h27-28,31,33-39,45-46,48,51-55,58,63-64,71,75-76H,17-26,29-30,32H2,1-16H3,(H,72,73)/b65-49+/t33-,34-,35+,36+,37-,38+,45+,46-,48+,51-,52?,53-,54+,55+,58+,59-,60-,61-/m1/s1. The summed E-state index contributed by atoms with van der Waals surface area (Å²) in [5, 5.41) is 59.0. The number of aliphatic hydroxyl groups excluding tert-OH is 1. The highest BCUT2D eigenvalue weighted by Gasteiger charge is 2.55. The van der Waals surface area contributed by atoms with Gasteiger partial charge in [-0.15, -0.1) is 0 Å². The molecule has 0 bridgehead atoms. The zero-order chi connectivity index (χ0) is 63.7. The molecule has 2 aromatic rings. The van der Waals surface area contributed by atoms with Crippen LogP contribution in [0.2, 0.25) is 5.02 Å². The van der Waals surface area contributed by atoms with Gasteiger partial charge in [0.05, 0.1) is 70.9 Å². The Kier molecular flexibility index (Phi) is 25.2. The van der Waals surface area contributed by atoms with Gasteiger partial charge in [0.15, 0.2) is 18.7 Å². The van der Waals surface area contributed by atoms with Crippen molar-refractivity contribution in [1.82, 2.24) is 19.7 Å². The summed E-state index contributed by atoms with van der Waals surface area (Å²) in [6.45, 7) is 19.2. The summed E-state index contributed by atoms with van der Waals surface area (Å²) in [5.41, 5.74) is -4.28. The van der Waals surface area contributed by atoms with Crippen molar-refractivity contribution in [3.05, 3.63) is 39.1 Å². The Hall–Kier alpha value is -4.12. The predicted octanol–water partition coefficient (Wildman–Crippen LogP) is 5.42. The number of aromatic nitrogens is 1. The van der Waals surface area contributed by atoms with Crippen molar-refractivity contribution < 1.29 is 82.3 Å². The SMILES string of the molecule is CC[C@H]1OC(=O)[C@H](C)C(O[C@H]2C[C@@](C)(OC)[C@@H](OC(=O)CCNCCNc3cc4c(=O)c(C(=O)O)cn(C5CC5)c4cc3Cl)[C@H](C)O2)[C@H](C)[C@@H](O[C@@H]2O[C@H](C)C[C@H](N(C)C)[C@H]2O)[C@](C)(O)C[C@@H](C)/C(=N\OC)[C@H](C)[C@H](OCOCCN(C)C)[C@]1(C)O. The van der Waals surface area contributed by atoms with Gasteiger partial charge in [0.1, 0.15) is 49.0 Å². The lowest BCUT2D eigenvalue weighted by Crippen LogP contribution is -2.61. The van der Waals surface area contributed by atoms with Crippen LogP contribution in [-0.2, 0) is 57.1 Å². The van der Waals surface area contributed by atoms with Crippen LogP contribution in [0.1, 0.15) is 131 Å². The molecule has 24 nitrogen and oxygen atoms in total. The first-order valence-corrected chi connectivity index (χ1v) is 30.7. The molecule has 4 heterocycles. The number of benzene rings is 1. The molecular weight excluding hydrogens is 1140 g/mol. The maximum atomic E-state index is 15.0. The minimum absolute atomic E-state index is 0.00611. The molecule has 1 unspecified atom stereocenters. The van der Waals surface area contributed by atoms with Crippen molar-refractivity contribution in [2.24, 2.45) is 28.8 Å². The Bertz CT molecular complexity index is 2670. The molecule has 1 aromatic heterocycles. The molecule has 0 spiro atoms. The lowest BCUT2D eigenvalue weighted by molar-refractivity contribution is -0.318. The van der Waals surface area contributed by atoms with Crippen molar-refractivity contribution in [3.8, 4) is 0 Å². The van der Waals surface area contributed by atoms with Crippen LogP contribution >= 0.6 is 11.6 Å². The highest BCUT2D eigenvalue weighted by molar-refractivity contribution is 6.34. The number of esters is 2. The van der Waals surface area contributed by atoms with Crippen molar-refractivity contribution in [2.45, 2.75) is 204 Å². The number of methoxy groups -OCH3 is 1. The number of aromatic carboxylic acids is 1. The second kappa shape index (κ2) is 30.6. The third-order valence-electron chi connectivity index (χ3n) is 17.7. The number of rotatable bonds is 24. The molecule has 1 aromatic carbocycles. The van der Waals surface area contributed by atoms with Crippen LogP contribution in [0.4, 0.5) is 5.69 Å². The Morgan fingerprint density at radius 3 is 2.23 bits per heavy atom. The fourth-order valence-corrected chi connectivity index (χ4v) is 13.0. The number of aliphatic hydroxyl groups is 3. The van der Waals surface area contributed by atoms with Gasteiger partial charge >= 0.3 is 17.9 Å². The van der Waals surface area contributed by atoms with Crippen molar-refractivity contribution in [3.63, 3.8) is 0 Å². The summed E-state index contributed by atoms with van der Waals surface area (Å²) in [7, 11) is 10.5. The minimum atomic E-state index is -1.85. The van der Waals surface area contributed by atoms with E-state index >= 15 is 0 Å². The van der Waals surface area contributed by atoms with Crippen LogP contribution in [0.5, 0.6) is 0 Å². The second-order valence-electron chi connectivity index (χ2n) is 25.3. The van der Waals surface area contributed by atoms with Crippen LogP contribution in [-0.4, -0.2) is 225 Å². The van der Waals surface area contributed by atoms with E-state index in [1.165, 1.54) is 20.4 Å². The number of carbonyl (C=O) groups excluding carboxylic acids is 2. The number of likely N-dealkylation sites (N-methyl/N-ethyl adjacent to an activating group) is 2. The van der Waals surface area contributed by atoms with Crippen LogP contribution in [0.15, 0.2) is 28.3 Å². The first-order chi connectivity index (χ1) is 40.4. The first-order valence-electron chi connectivity index (χ1n) is 30.3. The average Bonchev–Trinajstić information content (AvgIpc) is 1.58. The number of nitrogens with one attached hydrogen (secondary N) is 2. The van der Waals surface area contributed by atoms with Gasteiger partial charge in [0, 0.05) is 81.1 Å². The van der Waals surface area contributed by atoms with Gasteiger partial charge in [0.2, 0.25) is 5.43 Å². The third kappa shape index (κ3) is 17.2. The number of halogens is 1. The number of ether oxygens (including phenoxy) is 9. The number of hydrogen-bond donors (Lipinski definition) is 6. The number of hydrogen-bond acceptors (Lipinski definition) is 22. The largest absolute Gasteiger partial charge is 0.477 e. The summed E-state index contributed by atoms with van der Waals surface area (Å²) in [5.74, 6) is -5.88. The first kappa shape index (κ1) is 71.0. The molecule has 488 valence electrons. The molecule has 4 aliphatic rings. The molecule has 0 amide bonds. The number of cyclic esters (lactones) is 1. The molecule has 6 rings (SSSR count). The zero-order valence-electron chi connectivity index (χ0n) is 53.3. The number of nitrogens with zero attached hydrogens (tertiary/aromatic N) is 4. The number of carboxylic acid groups (broad SMARTS) is 1. The predicted molar refractivity (Wildman–Crippen MR) is 322 cm³/mol. The molecule has 86 heavy (non-hydrogen) atoms. The molecule has 3 aliphatic heterocycles. The van der Waals surface area contributed by atoms with Gasteiger partial charge < -0.3 is 92.9 Å². The summed E-state index contributed by atoms with van der Waals surface area (Å²) >= 11 is 6.66.